The van der Waals surface area contributed by atoms with Crippen LogP contribution in [0.2, 0.25) is 0 Å². The Labute approximate surface area is 146 Å². The molecule has 1 aromatic heterocycles. The molecule has 0 bridgehead atoms. The number of carbonyl (C=O) groups excluding carboxylic acids is 1. The minimum Gasteiger partial charge on any atom is -0.370 e. The molecule has 0 atom stereocenters. The highest BCUT2D eigenvalue weighted by atomic mass is 32.2. The molecule has 1 amide bonds. The topological polar surface area (TPSA) is 73.8 Å². The normalized spacial score (nSPS) is 14.7. The second-order valence-electron chi connectivity index (χ2n) is 5.97. The van der Waals surface area contributed by atoms with Crippen molar-refractivity contribution in [3.8, 4) is 0 Å². The van der Waals surface area contributed by atoms with Gasteiger partial charge >= 0.3 is 6.18 Å². The van der Waals surface area contributed by atoms with Gasteiger partial charge in [0.1, 0.15) is 5.82 Å². The van der Waals surface area contributed by atoms with Gasteiger partial charge < -0.3 is 10.3 Å². The average Bonchev–Trinajstić information content (AvgIpc) is 3.31. The Morgan fingerprint density at radius 2 is 2.08 bits per heavy atom. The van der Waals surface area contributed by atoms with Crippen LogP contribution in [0.25, 0.3) is 0 Å². The molecule has 0 aliphatic heterocycles. The summed E-state index contributed by atoms with van der Waals surface area (Å²) < 4.78 is 40.2. The minimum absolute atomic E-state index is 0.175. The maximum absolute atomic E-state index is 12.8. The van der Waals surface area contributed by atoms with Gasteiger partial charge in [-0.05, 0) is 24.5 Å². The fraction of sp³-hybridized carbons (Fsp3) is 0.438. The predicted octanol–water partition coefficient (Wildman–Crippen LogP) is 3.34. The van der Waals surface area contributed by atoms with E-state index in [-0.39, 0.29) is 6.42 Å². The fourth-order valence-electron chi connectivity index (χ4n) is 2.47. The summed E-state index contributed by atoms with van der Waals surface area (Å²) in [4.78, 5) is 11.1. The molecule has 134 valence electrons. The van der Waals surface area contributed by atoms with Gasteiger partial charge in [0.2, 0.25) is 5.91 Å². The molecule has 1 aromatic carbocycles. The van der Waals surface area contributed by atoms with Crippen molar-refractivity contribution < 1.29 is 18.0 Å². The summed E-state index contributed by atoms with van der Waals surface area (Å²) in [6.07, 6.45) is -2.11. The minimum atomic E-state index is -4.36. The van der Waals surface area contributed by atoms with Crippen molar-refractivity contribution in [2.45, 2.75) is 48.8 Å². The third-order valence-electron chi connectivity index (χ3n) is 3.89. The zero-order valence-electron chi connectivity index (χ0n) is 13.3. The summed E-state index contributed by atoms with van der Waals surface area (Å²) in [7, 11) is 0. The van der Waals surface area contributed by atoms with Crippen LogP contribution in [0.3, 0.4) is 0 Å². The number of thioether (sulfide) groups is 1. The van der Waals surface area contributed by atoms with E-state index < -0.39 is 17.6 Å². The Bertz CT molecular complexity index is 771. The molecule has 1 aliphatic carbocycles. The van der Waals surface area contributed by atoms with E-state index in [0.717, 1.165) is 30.8 Å². The van der Waals surface area contributed by atoms with Gasteiger partial charge in [-0.15, -0.1) is 10.2 Å². The lowest BCUT2D eigenvalue weighted by Crippen LogP contribution is -2.15. The summed E-state index contributed by atoms with van der Waals surface area (Å²) in [6, 6.07) is 5.23. The lowest BCUT2D eigenvalue weighted by atomic mass is 10.1. The van der Waals surface area contributed by atoms with Crippen molar-refractivity contribution in [1.82, 2.24) is 14.8 Å². The summed E-state index contributed by atoms with van der Waals surface area (Å²) in [5.41, 5.74) is 5.10. The second kappa shape index (κ2) is 7.07. The zero-order valence-corrected chi connectivity index (χ0v) is 14.1. The molecule has 5 nitrogen and oxygen atoms in total. The first-order valence-corrected chi connectivity index (χ1v) is 8.83. The van der Waals surface area contributed by atoms with Gasteiger partial charge in [-0.25, -0.2) is 0 Å². The van der Waals surface area contributed by atoms with E-state index in [0.29, 0.717) is 28.9 Å². The third kappa shape index (κ3) is 4.53. The average molecular weight is 370 g/mol. The van der Waals surface area contributed by atoms with Crippen LogP contribution in [0.15, 0.2) is 29.4 Å². The van der Waals surface area contributed by atoms with Crippen molar-refractivity contribution in [2.75, 3.05) is 0 Å². The summed E-state index contributed by atoms with van der Waals surface area (Å²) in [5, 5.41) is 8.93. The number of aromatic nitrogens is 3. The number of nitrogens with zero attached hydrogens (tertiary/aromatic N) is 3. The van der Waals surface area contributed by atoms with Crippen LogP contribution in [0, 0.1) is 0 Å². The molecule has 2 aromatic rings. The highest BCUT2D eigenvalue weighted by molar-refractivity contribution is 7.98. The highest BCUT2D eigenvalue weighted by Crippen LogP contribution is 2.40. The van der Waals surface area contributed by atoms with Crippen molar-refractivity contribution >= 4 is 17.7 Å². The Morgan fingerprint density at radius 1 is 1.32 bits per heavy atom. The Hall–Kier alpha value is -2.03. The first-order valence-electron chi connectivity index (χ1n) is 7.85. The van der Waals surface area contributed by atoms with E-state index in [1.807, 2.05) is 4.57 Å². The number of benzene rings is 1. The van der Waals surface area contributed by atoms with Crippen molar-refractivity contribution in [3.63, 3.8) is 0 Å². The van der Waals surface area contributed by atoms with E-state index >= 15 is 0 Å². The quantitative estimate of drug-likeness (QED) is 0.759. The Balaban J connectivity index is 1.73. The number of primary amides is 1. The fourth-order valence-corrected chi connectivity index (χ4v) is 3.38. The van der Waals surface area contributed by atoms with Gasteiger partial charge in [0.15, 0.2) is 5.16 Å². The molecule has 1 saturated carbocycles. The molecule has 1 aliphatic rings. The van der Waals surface area contributed by atoms with E-state index in [9.17, 15) is 18.0 Å². The number of amides is 1. The number of hydrogen-bond acceptors (Lipinski definition) is 4. The van der Waals surface area contributed by atoms with Gasteiger partial charge in [0.05, 0.1) is 5.56 Å². The van der Waals surface area contributed by atoms with Crippen LogP contribution in [0.1, 0.15) is 42.1 Å². The lowest BCUT2D eigenvalue weighted by Gasteiger charge is -2.10. The van der Waals surface area contributed by atoms with Gasteiger partial charge in [-0.1, -0.05) is 30.0 Å². The van der Waals surface area contributed by atoms with E-state index in [1.54, 1.807) is 6.07 Å². The summed E-state index contributed by atoms with van der Waals surface area (Å²) in [5.74, 6) is 1.10. The van der Waals surface area contributed by atoms with Crippen LogP contribution >= 0.6 is 11.8 Å². The monoisotopic (exact) mass is 370 g/mol. The molecule has 0 unspecified atom stereocenters. The third-order valence-corrected chi connectivity index (χ3v) is 4.93. The molecule has 0 radical (unpaired) electrons. The summed E-state index contributed by atoms with van der Waals surface area (Å²) >= 11 is 1.31. The maximum Gasteiger partial charge on any atom is 0.416 e. The number of nitrogens with two attached hydrogens (primary N) is 1. The second-order valence-corrected chi connectivity index (χ2v) is 6.91. The zero-order chi connectivity index (χ0) is 18.0. The number of carbonyl (C=O) groups is 1. The molecular weight excluding hydrogens is 353 g/mol. The lowest BCUT2D eigenvalue weighted by molar-refractivity contribution is -0.137. The van der Waals surface area contributed by atoms with Crippen molar-refractivity contribution in [1.29, 1.82) is 0 Å². The molecule has 0 saturated heterocycles. The highest BCUT2D eigenvalue weighted by Gasteiger charge is 2.31. The van der Waals surface area contributed by atoms with Crippen molar-refractivity contribution in [3.05, 3.63) is 41.2 Å². The maximum atomic E-state index is 12.8. The SMILES string of the molecule is NC(=O)CCn1c(SCc2cccc(C(F)(F)F)c2)nnc1C1CC1. The molecule has 2 N–H and O–H groups in total. The Kier molecular flexibility index (Phi) is 5.03. The van der Waals surface area contributed by atoms with Crippen LogP contribution < -0.4 is 5.73 Å². The molecular formula is C16H17F3N4OS. The molecule has 1 heterocycles. The van der Waals surface area contributed by atoms with Crippen LogP contribution in [-0.4, -0.2) is 20.7 Å². The van der Waals surface area contributed by atoms with Crippen molar-refractivity contribution in [2.24, 2.45) is 5.73 Å². The Morgan fingerprint density at radius 3 is 2.72 bits per heavy atom. The number of halogens is 3. The van der Waals surface area contributed by atoms with Crippen LogP contribution in [0.4, 0.5) is 13.2 Å². The van der Waals surface area contributed by atoms with Gasteiger partial charge in [-0.2, -0.15) is 13.2 Å². The van der Waals surface area contributed by atoms with Crippen LogP contribution in [0.5, 0.6) is 0 Å². The molecule has 25 heavy (non-hydrogen) atoms. The molecule has 0 spiro atoms. The van der Waals surface area contributed by atoms with E-state index in [1.165, 1.54) is 17.8 Å². The first-order chi connectivity index (χ1) is 11.8. The number of rotatable bonds is 7. The number of alkyl halides is 3. The smallest absolute Gasteiger partial charge is 0.370 e. The van der Waals surface area contributed by atoms with Gasteiger partial charge in [0.25, 0.3) is 0 Å². The van der Waals surface area contributed by atoms with Gasteiger partial charge in [0, 0.05) is 24.6 Å². The van der Waals surface area contributed by atoms with Gasteiger partial charge in [-0.3, -0.25) is 4.79 Å². The molecule has 9 heteroatoms. The number of hydrogen-bond donors (Lipinski definition) is 1. The van der Waals surface area contributed by atoms with E-state index in [4.69, 9.17) is 5.73 Å². The molecule has 3 rings (SSSR count). The predicted molar refractivity (Wildman–Crippen MR) is 86.8 cm³/mol. The first kappa shape index (κ1) is 17.8. The largest absolute Gasteiger partial charge is 0.416 e. The molecule has 1 fully saturated rings. The van der Waals surface area contributed by atoms with E-state index in [2.05, 4.69) is 10.2 Å². The standard InChI is InChI=1S/C16H17F3N4OS/c17-16(18,19)12-3-1-2-10(8-12)9-25-15-22-21-14(11-4-5-11)23(15)7-6-13(20)24/h1-3,8,11H,4-7,9H2,(H2,20,24). The van der Waals surface area contributed by atoms with Crippen LogP contribution in [-0.2, 0) is 23.3 Å². The summed E-state index contributed by atoms with van der Waals surface area (Å²) in [6.45, 7) is 0.388.